The molecular weight excluding hydrogens is 494 g/mol. The van der Waals surface area contributed by atoms with Crippen LogP contribution in [0.15, 0.2) is 34.5 Å². The molecule has 7 heteroatoms. The molecule has 1 aromatic heterocycles. The Labute approximate surface area is 231 Å². The molecule has 2 bridgehead atoms. The molecule has 1 spiro atoms. The van der Waals surface area contributed by atoms with Gasteiger partial charge in [-0.25, -0.2) is 4.79 Å². The normalized spacial score (nSPS) is 45.2. The third-order valence-electron chi connectivity index (χ3n) is 11.7. The summed E-state index contributed by atoms with van der Waals surface area (Å²) < 4.78 is 24.7. The fourth-order valence-corrected chi connectivity index (χ4v) is 9.06. The number of aryl methyl sites for hydroxylation is 2. The summed E-state index contributed by atoms with van der Waals surface area (Å²) >= 11 is 0. The second-order valence-corrected chi connectivity index (χ2v) is 14.2. The van der Waals surface area contributed by atoms with Gasteiger partial charge in [0.05, 0.1) is 18.3 Å². The number of carbonyl (C=O) groups is 2. The number of furan rings is 1. The minimum absolute atomic E-state index is 0.0148. The summed E-state index contributed by atoms with van der Waals surface area (Å²) in [5.41, 5.74) is 7.08. The van der Waals surface area contributed by atoms with Crippen molar-refractivity contribution in [1.29, 1.82) is 0 Å². The van der Waals surface area contributed by atoms with Crippen molar-refractivity contribution in [3.05, 3.63) is 47.0 Å². The average Bonchev–Trinajstić information content (AvgIpc) is 3.11. The number of nitrogens with two attached hydrogens (primary N) is 1. The third-order valence-corrected chi connectivity index (χ3v) is 11.7. The molecule has 3 fully saturated rings. The fraction of sp³-hybridized carbons (Fsp3) is 0.688. The maximum atomic E-state index is 15.1. The SMILES string of the molecule is Cc1coc(C)c1C(=O)O[C@H]1C(C)C=C[C@]23C(=O)[C@@H](C=C4COC(C)(C)O[C@H]4[C@]12N)C1(C)C(CC3C)C1(C)C. The van der Waals surface area contributed by atoms with Gasteiger partial charge < -0.3 is 24.4 Å². The van der Waals surface area contributed by atoms with Crippen molar-refractivity contribution in [2.24, 2.45) is 45.7 Å². The van der Waals surface area contributed by atoms with E-state index in [9.17, 15) is 4.79 Å². The summed E-state index contributed by atoms with van der Waals surface area (Å²) in [6, 6.07) is 0. The first-order valence-corrected chi connectivity index (χ1v) is 14.3. The van der Waals surface area contributed by atoms with Gasteiger partial charge in [0.2, 0.25) is 0 Å². The lowest BCUT2D eigenvalue weighted by atomic mass is 9.50. The van der Waals surface area contributed by atoms with Gasteiger partial charge in [0.25, 0.3) is 0 Å². The monoisotopic (exact) mass is 537 g/mol. The zero-order valence-corrected chi connectivity index (χ0v) is 24.7. The molecule has 2 N–H and O–H groups in total. The van der Waals surface area contributed by atoms with E-state index in [2.05, 4.69) is 39.8 Å². The standard InChI is InChI=1S/C32H43NO6/c1-16-10-11-31-18(3)12-22-28(5,6)30(22,9)21(24(31)34)13-20-15-37-29(7,8)39-26(20)32(31,33)25(16)38-27(35)23-17(2)14-36-19(23)4/h10-11,13-14,16,18,21-22,25-26H,12,15,33H2,1-9H3/t16?,18?,21-,22?,25+,26-,30?,31+,32-/m1/s1. The molecule has 1 aliphatic heterocycles. The van der Waals surface area contributed by atoms with Crippen LogP contribution in [0.1, 0.15) is 76.6 Å². The molecule has 2 saturated carbocycles. The van der Waals surface area contributed by atoms with E-state index in [4.69, 9.17) is 24.4 Å². The summed E-state index contributed by atoms with van der Waals surface area (Å²) in [5.74, 6) is -1.10. The van der Waals surface area contributed by atoms with E-state index < -0.39 is 34.9 Å². The van der Waals surface area contributed by atoms with Crippen LogP contribution < -0.4 is 5.73 Å². The lowest BCUT2D eigenvalue weighted by Crippen LogP contribution is -2.77. The second-order valence-electron chi connectivity index (χ2n) is 14.2. The third kappa shape index (κ3) is 3.15. The number of allylic oxidation sites excluding steroid dienone is 1. The van der Waals surface area contributed by atoms with Crippen LogP contribution in [0.4, 0.5) is 0 Å². The lowest BCUT2D eigenvalue weighted by Gasteiger charge is -2.59. The molecule has 1 saturated heterocycles. The highest BCUT2D eigenvalue weighted by Crippen LogP contribution is 2.78. The Morgan fingerprint density at radius 1 is 1.13 bits per heavy atom. The van der Waals surface area contributed by atoms with Crippen LogP contribution in [0.25, 0.3) is 0 Å². The summed E-state index contributed by atoms with van der Waals surface area (Å²) in [4.78, 5) is 28.8. The quantitative estimate of drug-likeness (QED) is 0.404. The zero-order valence-electron chi connectivity index (χ0n) is 24.7. The van der Waals surface area contributed by atoms with Crippen LogP contribution >= 0.6 is 0 Å². The van der Waals surface area contributed by atoms with E-state index in [1.54, 1.807) is 13.2 Å². The summed E-state index contributed by atoms with van der Waals surface area (Å²) in [6.45, 7) is 18.6. The molecule has 0 amide bonds. The lowest BCUT2D eigenvalue weighted by molar-refractivity contribution is -0.278. The fourth-order valence-electron chi connectivity index (χ4n) is 9.06. The summed E-state index contributed by atoms with van der Waals surface area (Å²) in [6.07, 6.45) is 7.13. The van der Waals surface area contributed by atoms with E-state index in [1.807, 2.05) is 33.8 Å². The summed E-state index contributed by atoms with van der Waals surface area (Å²) in [7, 11) is 0. The van der Waals surface area contributed by atoms with Gasteiger partial charge in [-0.2, -0.15) is 0 Å². The smallest absolute Gasteiger partial charge is 0.342 e. The first-order chi connectivity index (χ1) is 18.0. The van der Waals surface area contributed by atoms with Crippen LogP contribution in [0.3, 0.4) is 0 Å². The predicted molar refractivity (Wildman–Crippen MR) is 146 cm³/mol. The van der Waals surface area contributed by atoms with Crippen molar-refractivity contribution in [1.82, 2.24) is 0 Å². The van der Waals surface area contributed by atoms with Gasteiger partial charge in [-0.15, -0.1) is 0 Å². The Kier molecular flexibility index (Phi) is 5.50. The Bertz CT molecular complexity index is 1300. The number of hydrogen-bond acceptors (Lipinski definition) is 7. The number of carbonyl (C=O) groups excluding carboxylic acids is 2. The van der Waals surface area contributed by atoms with Gasteiger partial charge in [0.15, 0.2) is 11.6 Å². The first-order valence-electron chi connectivity index (χ1n) is 14.3. The van der Waals surface area contributed by atoms with E-state index in [1.165, 1.54) is 0 Å². The number of ether oxygens (including phenoxy) is 3. The molecule has 212 valence electrons. The minimum Gasteiger partial charge on any atom is -0.468 e. The Morgan fingerprint density at radius 2 is 1.82 bits per heavy atom. The molecule has 6 rings (SSSR count). The van der Waals surface area contributed by atoms with Crippen LogP contribution in [0.5, 0.6) is 0 Å². The molecule has 0 radical (unpaired) electrons. The predicted octanol–water partition coefficient (Wildman–Crippen LogP) is 5.29. The van der Waals surface area contributed by atoms with Gasteiger partial charge in [-0.3, -0.25) is 4.79 Å². The second kappa shape index (κ2) is 7.95. The van der Waals surface area contributed by atoms with Gasteiger partial charge >= 0.3 is 5.97 Å². The Hall–Kier alpha value is -2.22. The summed E-state index contributed by atoms with van der Waals surface area (Å²) in [5, 5.41) is 0. The molecule has 5 aliphatic rings. The zero-order chi connectivity index (χ0) is 28.5. The molecule has 7 nitrogen and oxygen atoms in total. The van der Waals surface area contributed by atoms with Gasteiger partial charge in [-0.1, -0.05) is 52.8 Å². The van der Waals surface area contributed by atoms with Crippen LogP contribution in [0, 0.1) is 53.8 Å². The highest BCUT2D eigenvalue weighted by atomic mass is 16.7. The molecular formula is C32H43NO6. The number of Topliss-reactive ketones (excluding diaryl/α,β-unsaturated/α-hetero) is 1. The minimum atomic E-state index is -1.35. The van der Waals surface area contributed by atoms with Crippen molar-refractivity contribution in [2.75, 3.05) is 6.61 Å². The largest absolute Gasteiger partial charge is 0.468 e. The van der Waals surface area contributed by atoms with E-state index in [-0.39, 0.29) is 34.4 Å². The van der Waals surface area contributed by atoms with Crippen LogP contribution in [-0.4, -0.2) is 41.9 Å². The van der Waals surface area contributed by atoms with Crippen molar-refractivity contribution < 1.29 is 28.2 Å². The maximum absolute atomic E-state index is 15.1. The Morgan fingerprint density at radius 3 is 2.46 bits per heavy atom. The van der Waals surface area contributed by atoms with Crippen molar-refractivity contribution in [3.63, 3.8) is 0 Å². The van der Waals surface area contributed by atoms with Crippen molar-refractivity contribution in [3.8, 4) is 0 Å². The van der Waals surface area contributed by atoms with Gasteiger partial charge in [-0.05, 0) is 62.4 Å². The molecule has 1 aromatic rings. The average molecular weight is 538 g/mol. The number of hydrogen-bond donors (Lipinski definition) is 1. The van der Waals surface area contributed by atoms with E-state index in [0.717, 1.165) is 12.0 Å². The van der Waals surface area contributed by atoms with Gasteiger partial charge in [0.1, 0.15) is 29.1 Å². The molecule has 2 heterocycles. The van der Waals surface area contributed by atoms with E-state index >= 15 is 4.79 Å². The molecule has 39 heavy (non-hydrogen) atoms. The first kappa shape index (κ1) is 27.0. The van der Waals surface area contributed by atoms with E-state index in [0.29, 0.717) is 29.4 Å². The molecule has 0 aromatic carbocycles. The van der Waals surface area contributed by atoms with Crippen molar-refractivity contribution >= 4 is 11.8 Å². The molecule has 9 atom stereocenters. The number of ketones is 1. The number of rotatable bonds is 2. The highest BCUT2D eigenvalue weighted by Gasteiger charge is 2.79. The topological polar surface area (TPSA) is 101 Å². The number of esters is 1. The number of fused-ring (bicyclic) bond motifs is 5. The van der Waals surface area contributed by atoms with Crippen LogP contribution in [0.2, 0.25) is 0 Å². The maximum Gasteiger partial charge on any atom is 0.342 e. The Balaban J connectivity index is 1.57. The highest BCUT2D eigenvalue weighted by molar-refractivity contribution is 5.96. The molecule has 4 aliphatic carbocycles. The molecule has 4 unspecified atom stereocenters. The van der Waals surface area contributed by atoms with Crippen LogP contribution in [-0.2, 0) is 19.0 Å². The van der Waals surface area contributed by atoms with Crippen molar-refractivity contribution in [2.45, 2.75) is 92.3 Å². The van der Waals surface area contributed by atoms with Gasteiger partial charge in [0, 0.05) is 17.4 Å².